The molecule has 7 nitrogen and oxygen atoms in total. The molecule has 1 fully saturated rings. The number of aliphatic hydroxyl groups is 1. The van der Waals surface area contributed by atoms with Crippen LogP contribution >= 0.6 is 0 Å². The molecule has 0 amide bonds. The van der Waals surface area contributed by atoms with Gasteiger partial charge in [0.2, 0.25) is 0 Å². The van der Waals surface area contributed by atoms with Gasteiger partial charge in [-0.15, -0.1) is 5.10 Å². The summed E-state index contributed by atoms with van der Waals surface area (Å²) in [5.74, 6) is 1.55. The molecular weight excluding hydrogens is 316 g/mol. The normalized spacial score (nSPS) is 17.9. The molecule has 7 heteroatoms. The van der Waals surface area contributed by atoms with Crippen molar-refractivity contribution >= 4 is 0 Å². The zero-order chi connectivity index (χ0) is 17.6. The van der Waals surface area contributed by atoms with E-state index in [-0.39, 0.29) is 6.10 Å². The van der Waals surface area contributed by atoms with Gasteiger partial charge in [0, 0.05) is 13.1 Å². The third kappa shape index (κ3) is 5.07. The number of benzene rings is 1. The number of β-amino-alcohol motifs (C(OH)–C–C–N with tert-alkyl or cyclic N) is 1. The minimum absolute atomic E-state index is 0.240. The van der Waals surface area contributed by atoms with Crippen LogP contribution in [0.2, 0.25) is 0 Å². The van der Waals surface area contributed by atoms with Gasteiger partial charge in [0.25, 0.3) is 0 Å². The fourth-order valence-corrected chi connectivity index (χ4v) is 3.55. The molecule has 0 bridgehead atoms. The second-order valence-corrected chi connectivity index (χ2v) is 7.13. The Balaban J connectivity index is 1.51. The molecule has 1 aromatic heterocycles. The molecule has 1 saturated heterocycles. The van der Waals surface area contributed by atoms with Crippen molar-refractivity contribution in [2.24, 2.45) is 5.92 Å². The van der Waals surface area contributed by atoms with Gasteiger partial charge in [-0.3, -0.25) is 4.90 Å². The summed E-state index contributed by atoms with van der Waals surface area (Å²) in [7, 11) is 2.13. The number of rotatable bonds is 7. The lowest BCUT2D eigenvalue weighted by Gasteiger charge is -2.34. The Bertz CT molecular complexity index is 636. The standard InChI is InChI=1S/C18H28N6O/c1-15(25)12-23-10-8-16(9-11-23)13-22(2)14-18-19-20-21-24(18)17-6-4-3-5-7-17/h3-7,15-16,25H,8-14H2,1-2H3/t15-/m1/s1. The van der Waals surface area contributed by atoms with E-state index in [2.05, 4.69) is 32.4 Å². The highest BCUT2D eigenvalue weighted by molar-refractivity contribution is 5.30. The maximum atomic E-state index is 9.51. The number of para-hydroxylation sites is 1. The fraction of sp³-hybridized carbons (Fsp3) is 0.611. The van der Waals surface area contributed by atoms with Crippen LogP contribution in [0.25, 0.3) is 5.69 Å². The second-order valence-electron chi connectivity index (χ2n) is 7.13. The molecule has 2 aromatic rings. The smallest absolute Gasteiger partial charge is 0.170 e. The van der Waals surface area contributed by atoms with Gasteiger partial charge in [-0.05, 0) is 68.4 Å². The van der Waals surface area contributed by atoms with E-state index in [1.165, 1.54) is 12.8 Å². The van der Waals surface area contributed by atoms with Gasteiger partial charge in [-0.1, -0.05) is 18.2 Å². The molecule has 1 aromatic carbocycles. The number of nitrogens with zero attached hydrogens (tertiary/aromatic N) is 6. The molecule has 1 aliphatic heterocycles. The first-order valence-electron chi connectivity index (χ1n) is 9.03. The average Bonchev–Trinajstić information content (AvgIpc) is 3.05. The molecule has 1 N–H and O–H groups in total. The van der Waals surface area contributed by atoms with Gasteiger partial charge < -0.3 is 10.0 Å². The Hall–Kier alpha value is -1.83. The van der Waals surface area contributed by atoms with Gasteiger partial charge in [0.05, 0.1) is 18.3 Å². The van der Waals surface area contributed by atoms with Crippen LogP contribution in [0, 0.1) is 5.92 Å². The van der Waals surface area contributed by atoms with E-state index in [4.69, 9.17) is 0 Å². The first-order chi connectivity index (χ1) is 12.1. The predicted octanol–water partition coefficient (Wildman–Crippen LogP) is 1.19. The highest BCUT2D eigenvalue weighted by Gasteiger charge is 2.22. The van der Waals surface area contributed by atoms with Gasteiger partial charge in [0.15, 0.2) is 5.82 Å². The van der Waals surface area contributed by atoms with Gasteiger partial charge in [-0.25, -0.2) is 0 Å². The second kappa shape index (κ2) is 8.51. The summed E-state index contributed by atoms with van der Waals surface area (Å²) in [5.41, 5.74) is 0.988. The molecule has 0 saturated carbocycles. The van der Waals surface area contributed by atoms with E-state index in [0.29, 0.717) is 5.92 Å². The van der Waals surface area contributed by atoms with E-state index >= 15 is 0 Å². The molecule has 0 radical (unpaired) electrons. The molecule has 3 rings (SSSR count). The quantitative estimate of drug-likeness (QED) is 0.813. The van der Waals surface area contributed by atoms with E-state index in [9.17, 15) is 5.11 Å². The van der Waals surface area contributed by atoms with Crippen molar-refractivity contribution in [2.75, 3.05) is 33.2 Å². The van der Waals surface area contributed by atoms with Crippen LogP contribution < -0.4 is 0 Å². The Morgan fingerprint density at radius 3 is 2.64 bits per heavy atom. The third-order valence-electron chi connectivity index (χ3n) is 4.75. The third-order valence-corrected chi connectivity index (χ3v) is 4.75. The monoisotopic (exact) mass is 344 g/mol. The summed E-state index contributed by atoms with van der Waals surface area (Å²) in [5, 5.41) is 21.7. The largest absolute Gasteiger partial charge is 0.392 e. The Morgan fingerprint density at radius 1 is 1.24 bits per heavy atom. The minimum atomic E-state index is -0.240. The predicted molar refractivity (Wildman–Crippen MR) is 96.3 cm³/mol. The van der Waals surface area contributed by atoms with Gasteiger partial charge in [0.1, 0.15) is 0 Å². The Kier molecular flexibility index (Phi) is 6.12. The summed E-state index contributed by atoms with van der Waals surface area (Å²) in [6.07, 6.45) is 2.12. The van der Waals surface area contributed by atoms with Crippen LogP contribution in [-0.4, -0.2) is 74.4 Å². The summed E-state index contributed by atoms with van der Waals surface area (Å²) < 4.78 is 1.81. The summed E-state index contributed by atoms with van der Waals surface area (Å²) in [6.45, 7) is 6.57. The zero-order valence-corrected chi connectivity index (χ0v) is 15.1. The van der Waals surface area contributed by atoms with E-state index in [1.54, 1.807) is 0 Å². The van der Waals surface area contributed by atoms with Crippen LogP contribution in [0.15, 0.2) is 30.3 Å². The summed E-state index contributed by atoms with van der Waals surface area (Å²) in [4.78, 5) is 4.66. The Labute approximate surface area is 149 Å². The molecule has 2 heterocycles. The number of hydrogen-bond acceptors (Lipinski definition) is 6. The van der Waals surface area contributed by atoms with Gasteiger partial charge in [-0.2, -0.15) is 4.68 Å². The molecule has 1 aliphatic rings. The molecule has 0 unspecified atom stereocenters. The summed E-state index contributed by atoms with van der Waals surface area (Å²) >= 11 is 0. The van der Waals surface area contributed by atoms with Gasteiger partial charge >= 0.3 is 0 Å². The number of aliphatic hydroxyl groups excluding tert-OH is 1. The van der Waals surface area contributed by atoms with Crippen molar-refractivity contribution in [1.82, 2.24) is 30.0 Å². The number of piperidine rings is 1. The molecule has 0 aliphatic carbocycles. The SMILES string of the molecule is C[C@@H](O)CN1CCC(CN(C)Cc2nnnn2-c2ccccc2)CC1. The lowest BCUT2D eigenvalue weighted by Crippen LogP contribution is -2.40. The number of tetrazole rings is 1. The topological polar surface area (TPSA) is 70.3 Å². The zero-order valence-electron chi connectivity index (χ0n) is 15.1. The highest BCUT2D eigenvalue weighted by Crippen LogP contribution is 2.19. The van der Waals surface area contributed by atoms with Crippen LogP contribution in [0.1, 0.15) is 25.6 Å². The minimum Gasteiger partial charge on any atom is -0.392 e. The van der Waals surface area contributed by atoms with Crippen molar-refractivity contribution in [3.05, 3.63) is 36.2 Å². The number of likely N-dealkylation sites (tertiary alicyclic amines) is 1. The number of hydrogen-bond donors (Lipinski definition) is 1. The molecule has 25 heavy (non-hydrogen) atoms. The molecular formula is C18H28N6O. The van der Waals surface area contributed by atoms with Crippen molar-refractivity contribution in [3.8, 4) is 5.69 Å². The van der Waals surface area contributed by atoms with E-state index in [0.717, 1.165) is 44.2 Å². The first-order valence-corrected chi connectivity index (χ1v) is 9.03. The molecule has 136 valence electrons. The lowest BCUT2D eigenvalue weighted by atomic mass is 9.96. The molecule has 1 atom stereocenters. The maximum Gasteiger partial charge on any atom is 0.170 e. The van der Waals surface area contributed by atoms with Crippen molar-refractivity contribution < 1.29 is 5.11 Å². The van der Waals surface area contributed by atoms with Crippen LogP contribution in [0.4, 0.5) is 0 Å². The van der Waals surface area contributed by atoms with E-state index < -0.39 is 0 Å². The van der Waals surface area contributed by atoms with Crippen LogP contribution in [-0.2, 0) is 6.54 Å². The lowest BCUT2D eigenvalue weighted by molar-refractivity contribution is 0.0916. The van der Waals surface area contributed by atoms with E-state index in [1.807, 2.05) is 41.9 Å². The molecule has 0 spiro atoms. The highest BCUT2D eigenvalue weighted by atomic mass is 16.3. The fourth-order valence-electron chi connectivity index (χ4n) is 3.55. The van der Waals surface area contributed by atoms with Crippen LogP contribution in [0.5, 0.6) is 0 Å². The Morgan fingerprint density at radius 2 is 1.96 bits per heavy atom. The van der Waals surface area contributed by atoms with Crippen LogP contribution in [0.3, 0.4) is 0 Å². The maximum absolute atomic E-state index is 9.51. The summed E-state index contributed by atoms with van der Waals surface area (Å²) in [6, 6.07) is 10.00. The van der Waals surface area contributed by atoms with Crippen molar-refractivity contribution in [3.63, 3.8) is 0 Å². The van der Waals surface area contributed by atoms with Crippen molar-refractivity contribution in [1.29, 1.82) is 0 Å². The first kappa shape index (κ1) is 18.0. The van der Waals surface area contributed by atoms with Crippen molar-refractivity contribution in [2.45, 2.75) is 32.4 Å². The average molecular weight is 344 g/mol. The number of aromatic nitrogens is 4.